The van der Waals surface area contributed by atoms with Crippen molar-refractivity contribution in [2.24, 2.45) is 0 Å². The molecule has 5 rings (SSSR count). The molecule has 1 N–H and O–H groups in total. The largest absolute Gasteiger partial charge is 0.478 e. The number of aryl methyl sites for hydroxylation is 2. The number of carbonyl (C=O) groups is 1. The Hall–Kier alpha value is -3.86. The van der Waals surface area contributed by atoms with Crippen molar-refractivity contribution in [1.29, 1.82) is 0 Å². The molecule has 0 bridgehead atoms. The molecule has 0 spiro atoms. The van der Waals surface area contributed by atoms with E-state index in [0.29, 0.717) is 12.1 Å². The number of aromatic carboxylic acids is 1. The molecule has 0 fully saturated rings. The highest BCUT2D eigenvalue weighted by Crippen LogP contribution is 2.32. The van der Waals surface area contributed by atoms with Crippen LogP contribution in [0, 0.1) is 13.8 Å². The van der Waals surface area contributed by atoms with Crippen LogP contribution in [0.5, 0.6) is 0 Å². The van der Waals surface area contributed by atoms with Crippen LogP contribution in [0.3, 0.4) is 0 Å². The fraction of sp³-hybridized carbons (Fsp3) is 0.120. The van der Waals surface area contributed by atoms with Gasteiger partial charge in [0.2, 0.25) is 0 Å². The number of rotatable bonds is 4. The number of carboxylic acids is 1. The lowest BCUT2D eigenvalue weighted by atomic mass is 10.0. The molecule has 3 aromatic carbocycles. The van der Waals surface area contributed by atoms with E-state index in [1.807, 2.05) is 48.7 Å². The minimum atomic E-state index is -0.928. The lowest BCUT2D eigenvalue weighted by molar-refractivity contribution is 0.0699. The van der Waals surface area contributed by atoms with Crippen LogP contribution in [0.2, 0.25) is 0 Å². The van der Waals surface area contributed by atoms with Gasteiger partial charge in [0, 0.05) is 29.2 Å². The molecule has 0 aliphatic carbocycles. The van der Waals surface area contributed by atoms with Gasteiger partial charge in [-0.25, -0.2) is 4.79 Å². The van der Waals surface area contributed by atoms with Crippen molar-refractivity contribution in [3.05, 3.63) is 89.4 Å². The van der Waals surface area contributed by atoms with Crippen LogP contribution in [0.4, 0.5) is 0 Å². The van der Waals surface area contributed by atoms with Crippen molar-refractivity contribution >= 4 is 27.6 Å². The van der Waals surface area contributed by atoms with Crippen LogP contribution in [-0.2, 0) is 6.54 Å². The predicted octanol–water partition coefficient (Wildman–Crippen LogP) is 5.81. The van der Waals surface area contributed by atoms with E-state index in [1.54, 1.807) is 6.20 Å². The summed E-state index contributed by atoms with van der Waals surface area (Å²) in [6, 6.07) is 20.4. The molecule has 5 heteroatoms. The van der Waals surface area contributed by atoms with Crippen LogP contribution in [-0.4, -0.2) is 20.8 Å². The van der Waals surface area contributed by atoms with Crippen molar-refractivity contribution in [1.82, 2.24) is 9.72 Å². The van der Waals surface area contributed by atoms with E-state index < -0.39 is 5.97 Å². The molecule has 0 atom stereocenters. The van der Waals surface area contributed by atoms with E-state index in [2.05, 4.69) is 35.5 Å². The third-order valence-electron chi connectivity index (χ3n) is 5.60. The average Bonchev–Trinajstić information content (AvgIpc) is 3.27. The molecular weight excluding hydrogens is 376 g/mol. The molecule has 0 unspecified atom stereocenters. The average molecular weight is 396 g/mol. The number of fused-ring (bicyclic) bond motifs is 2. The molecule has 0 radical (unpaired) electrons. The lowest BCUT2D eigenvalue weighted by Gasteiger charge is -2.09. The molecule has 0 amide bonds. The number of aromatic nitrogens is 2. The normalized spacial score (nSPS) is 11.4. The minimum absolute atomic E-state index is 0.302. The maximum atomic E-state index is 11.8. The van der Waals surface area contributed by atoms with Gasteiger partial charge in [-0.3, -0.25) is 0 Å². The summed E-state index contributed by atoms with van der Waals surface area (Å²) in [5, 5.41) is 16.8. The predicted molar refractivity (Wildman–Crippen MR) is 117 cm³/mol. The van der Waals surface area contributed by atoms with Gasteiger partial charge < -0.3 is 14.2 Å². The second kappa shape index (κ2) is 6.88. The number of nitrogens with zero attached hydrogens (tertiary/aromatic N) is 2. The molecule has 2 heterocycles. The van der Waals surface area contributed by atoms with Crippen LogP contribution in [0.1, 0.15) is 27.4 Å². The SMILES string of the molecule is Cc1noc(C)c1-c1ccc2c(C(=O)O)cn(Cc3ccc4ccccc4c3)c2c1. The van der Waals surface area contributed by atoms with Crippen LogP contribution in [0.25, 0.3) is 32.8 Å². The van der Waals surface area contributed by atoms with E-state index in [9.17, 15) is 9.90 Å². The summed E-state index contributed by atoms with van der Waals surface area (Å²) in [7, 11) is 0. The number of carboxylic acid groups (broad SMARTS) is 1. The van der Waals surface area contributed by atoms with Crippen molar-refractivity contribution < 1.29 is 14.4 Å². The van der Waals surface area contributed by atoms with Crippen molar-refractivity contribution in [3.8, 4) is 11.1 Å². The topological polar surface area (TPSA) is 68.3 Å². The monoisotopic (exact) mass is 396 g/mol. The Kier molecular flexibility index (Phi) is 4.17. The molecule has 0 aliphatic rings. The van der Waals surface area contributed by atoms with E-state index in [1.165, 1.54) is 10.8 Å². The molecule has 0 saturated heterocycles. The second-order valence-electron chi connectivity index (χ2n) is 7.59. The third-order valence-corrected chi connectivity index (χ3v) is 5.60. The van der Waals surface area contributed by atoms with E-state index >= 15 is 0 Å². The first-order chi connectivity index (χ1) is 14.5. The molecule has 0 saturated carbocycles. The van der Waals surface area contributed by atoms with Gasteiger partial charge in [-0.05, 0) is 47.9 Å². The van der Waals surface area contributed by atoms with Gasteiger partial charge in [0.15, 0.2) is 0 Å². The van der Waals surface area contributed by atoms with E-state index in [-0.39, 0.29) is 0 Å². The molecular formula is C25H20N2O3. The fourth-order valence-corrected chi connectivity index (χ4v) is 4.18. The standard InChI is InChI=1S/C25H20N2O3/c1-15-24(16(2)30-26-15)20-9-10-21-22(25(28)29)14-27(23(21)12-20)13-17-7-8-18-5-3-4-6-19(18)11-17/h3-12,14H,13H2,1-2H3,(H,28,29). The molecule has 30 heavy (non-hydrogen) atoms. The van der Waals surface area contributed by atoms with Crippen molar-refractivity contribution in [2.75, 3.05) is 0 Å². The first-order valence-corrected chi connectivity index (χ1v) is 9.78. The number of hydrogen-bond acceptors (Lipinski definition) is 3. The van der Waals surface area contributed by atoms with Gasteiger partial charge >= 0.3 is 5.97 Å². The van der Waals surface area contributed by atoms with Crippen molar-refractivity contribution in [3.63, 3.8) is 0 Å². The molecule has 5 aromatic rings. The zero-order valence-electron chi connectivity index (χ0n) is 16.7. The van der Waals surface area contributed by atoms with Gasteiger partial charge in [0.25, 0.3) is 0 Å². The highest BCUT2D eigenvalue weighted by molar-refractivity contribution is 6.04. The minimum Gasteiger partial charge on any atom is -0.478 e. The Morgan fingerprint density at radius 3 is 2.57 bits per heavy atom. The maximum Gasteiger partial charge on any atom is 0.337 e. The van der Waals surface area contributed by atoms with Gasteiger partial charge in [-0.1, -0.05) is 53.7 Å². The lowest BCUT2D eigenvalue weighted by Crippen LogP contribution is -1.99. The summed E-state index contributed by atoms with van der Waals surface area (Å²) >= 11 is 0. The van der Waals surface area contributed by atoms with Crippen molar-refractivity contribution in [2.45, 2.75) is 20.4 Å². The highest BCUT2D eigenvalue weighted by atomic mass is 16.5. The zero-order valence-corrected chi connectivity index (χ0v) is 16.7. The highest BCUT2D eigenvalue weighted by Gasteiger charge is 2.18. The first-order valence-electron chi connectivity index (χ1n) is 9.78. The zero-order chi connectivity index (χ0) is 20.8. The summed E-state index contributed by atoms with van der Waals surface area (Å²) in [6.07, 6.45) is 1.72. The van der Waals surface area contributed by atoms with Gasteiger partial charge in [-0.15, -0.1) is 0 Å². The molecule has 2 aromatic heterocycles. The smallest absolute Gasteiger partial charge is 0.337 e. The van der Waals surface area contributed by atoms with Crippen LogP contribution >= 0.6 is 0 Å². The van der Waals surface area contributed by atoms with Gasteiger partial charge in [0.1, 0.15) is 5.76 Å². The number of hydrogen-bond donors (Lipinski definition) is 1. The summed E-state index contributed by atoms with van der Waals surface area (Å²) in [5.74, 6) is -0.180. The summed E-state index contributed by atoms with van der Waals surface area (Å²) in [4.78, 5) is 11.8. The third kappa shape index (κ3) is 2.95. The first kappa shape index (κ1) is 18.2. The van der Waals surface area contributed by atoms with Gasteiger partial charge in [-0.2, -0.15) is 0 Å². The Morgan fingerprint density at radius 1 is 1.03 bits per heavy atom. The van der Waals surface area contributed by atoms with E-state index in [0.717, 1.165) is 39.0 Å². The Balaban J connectivity index is 1.65. The maximum absolute atomic E-state index is 11.8. The number of benzene rings is 3. The Labute approximate surface area is 173 Å². The van der Waals surface area contributed by atoms with Crippen LogP contribution in [0.15, 0.2) is 71.4 Å². The van der Waals surface area contributed by atoms with Gasteiger partial charge in [0.05, 0.1) is 11.3 Å². The summed E-state index contributed by atoms with van der Waals surface area (Å²) in [5.41, 5.74) is 5.03. The quantitative estimate of drug-likeness (QED) is 0.416. The molecule has 0 aliphatic heterocycles. The fourth-order valence-electron chi connectivity index (χ4n) is 4.18. The van der Waals surface area contributed by atoms with E-state index in [4.69, 9.17) is 4.52 Å². The molecule has 148 valence electrons. The Morgan fingerprint density at radius 2 is 1.83 bits per heavy atom. The summed E-state index contributed by atoms with van der Waals surface area (Å²) < 4.78 is 7.33. The summed E-state index contributed by atoms with van der Waals surface area (Å²) in [6.45, 7) is 4.38. The second-order valence-corrected chi connectivity index (χ2v) is 7.59. The Bertz CT molecular complexity index is 1410. The van der Waals surface area contributed by atoms with Crippen LogP contribution < -0.4 is 0 Å². The molecule has 5 nitrogen and oxygen atoms in total.